The van der Waals surface area contributed by atoms with E-state index in [2.05, 4.69) is 5.32 Å². The third-order valence-electron chi connectivity index (χ3n) is 4.42. The van der Waals surface area contributed by atoms with Crippen LogP contribution in [0.5, 0.6) is 0 Å². The number of alkyl halides is 3. The zero-order valence-corrected chi connectivity index (χ0v) is 15.2. The van der Waals surface area contributed by atoms with E-state index in [1.165, 1.54) is 12.1 Å². The third-order valence-corrected chi connectivity index (χ3v) is 4.42. The summed E-state index contributed by atoms with van der Waals surface area (Å²) in [5.74, 6) is -0.150. The fraction of sp³-hybridized carbons (Fsp3) is 0.588. The number of amides is 1. The van der Waals surface area contributed by atoms with E-state index in [-0.39, 0.29) is 36.6 Å². The molecule has 1 rings (SSSR count). The lowest BCUT2D eigenvalue weighted by Gasteiger charge is -2.34. The molecule has 3 N–H and O–H groups in total. The summed E-state index contributed by atoms with van der Waals surface area (Å²) < 4.78 is 37.7. The Balaban J connectivity index is 0.00000529. The van der Waals surface area contributed by atoms with E-state index in [4.69, 9.17) is 5.73 Å². The van der Waals surface area contributed by atoms with Gasteiger partial charge in [0.25, 0.3) is 0 Å². The van der Waals surface area contributed by atoms with Crippen LogP contribution in [0.4, 0.5) is 13.2 Å². The van der Waals surface area contributed by atoms with E-state index in [1.54, 1.807) is 0 Å². The van der Waals surface area contributed by atoms with Crippen LogP contribution in [-0.4, -0.2) is 18.0 Å². The van der Waals surface area contributed by atoms with E-state index in [9.17, 15) is 18.0 Å². The van der Waals surface area contributed by atoms with Crippen molar-refractivity contribution >= 4 is 18.3 Å². The predicted molar refractivity (Wildman–Crippen MR) is 92.2 cm³/mol. The number of rotatable bonds is 6. The summed E-state index contributed by atoms with van der Waals surface area (Å²) in [4.78, 5) is 12.2. The van der Waals surface area contributed by atoms with Crippen molar-refractivity contribution in [2.24, 2.45) is 11.7 Å². The molecule has 1 amide bonds. The first-order valence-electron chi connectivity index (χ1n) is 7.68. The standard InChI is InChI=1S/C17H25F3N2O.ClH/c1-11(2)16(4,10-21)22-15(23)9-12(3)13-5-7-14(8-6-13)17(18,19)20;/h5-8,11-12H,9-10,21H2,1-4H3,(H,22,23);1H. The second kappa shape index (κ2) is 8.72. The summed E-state index contributed by atoms with van der Waals surface area (Å²) in [5, 5.41) is 2.93. The van der Waals surface area contributed by atoms with Gasteiger partial charge in [-0.1, -0.05) is 32.9 Å². The monoisotopic (exact) mass is 366 g/mol. The minimum atomic E-state index is -4.35. The summed E-state index contributed by atoms with van der Waals surface area (Å²) in [6.45, 7) is 7.99. The largest absolute Gasteiger partial charge is 0.416 e. The summed E-state index contributed by atoms with van der Waals surface area (Å²) in [7, 11) is 0. The molecule has 0 aliphatic heterocycles. The van der Waals surface area contributed by atoms with Crippen LogP contribution in [0.3, 0.4) is 0 Å². The van der Waals surface area contributed by atoms with Gasteiger partial charge in [-0.2, -0.15) is 13.2 Å². The molecule has 3 nitrogen and oxygen atoms in total. The Morgan fingerprint density at radius 2 is 1.67 bits per heavy atom. The highest BCUT2D eigenvalue weighted by Crippen LogP contribution is 2.30. The molecule has 0 saturated carbocycles. The minimum Gasteiger partial charge on any atom is -0.349 e. The number of nitrogens with two attached hydrogens (primary N) is 1. The third kappa shape index (κ3) is 5.98. The molecule has 2 unspecified atom stereocenters. The molecule has 7 heteroatoms. The highest BCUT2D eigenvalue weighted by atomic mass is 35.5. The summed E-state index contributed by atoms with van der Waals surface area (Å²) in [5.41, 5.74) is 5.26. The number of hydrogen-bond donors (Lipinski definition) is 2. The fourth-order valence-corrected chi connectivity index (χ4v) is 2.20. The van der Waals surface area contributed by atoms with Crippen molar-refractivity contribution < 1.29 is 18.0 Å². The van der Waals surface area contributed by atoms with Gasteiger partial charge in [0.15, 0.2) is 0 Å². The van der Waals surface area contributed by atoms with Crippen LogP contribution < -0.4 is 11.1 Å². The molecular weight excluding hydrogens is 341 g/mol. The van der Waals surface area contributed by atoms with E-state index in [1.807, 2.05) is 27.7 Å². The maximum atomic E-state index is 12.6. The van der Waals surface area contributed by atoms with Crippen molar-refractivity contribution in [1.29, 1.82) is 0 Å². The molecular formula is C17H26ClF3N2O. The van der Waals surface area contributed by atoms with Crippen molar-refractivity contribution in [3.8, 4) is 0 Å². The molecule has 2 atom stereocenters. The number of hydrogen-bond acceptors (Lipinski definition) is 2. The lowest BCUT2D eigenvalue weighted by Crippen LogP contribution is -2.55. The summed E-state index contributed by atoms with van der Waals surface area (Å²) in [6.07, 6.45) is -4.15. The molecule has 0 spiro atoms. The molecule has 0 bridgehead atoms. The van der Waals surface area contributed by atoms with Crippen molar-refractivity contribution in [2.45, 2.75) is 51.7 Å². The maximum Gasteiger partial charge on any atom is 0.416 e. The molecule has 0 aliphatic rings. The van der Waals surface area contributed by atoms with Crippen LogP contribution in [-0.2, 0) is 11.0 Å². The van der Waals surface area contributed by atoms with Gasteiger partial charge in [0.05, 0.1) is 11.1 Å². The Hall–Kier alpha value is -1.27. The fourth-order valence-electron chi connectivity index (χ4n) is 2.20. The summed E-state index contributed by atoms with van der Waals surface area (Å²) >= 11 is 0. The maximum absolute atomic E-state index is 12.6. The number of carbonyl (C=O) groups is 1. The van der Waals surface area contributed by atoms with Crippen LogP contribution >= 0.6 is 12.4 Å². The van der Waals surface area contributed by atoms with E-state index in [0.717, 1.165) is 12.1 Å². The first-order valence-corrected chi connectivity index (χ1v) is 7.68. The molecule has 0 aromatic heterocycles. The van der Waals surface area contributed by atoms with Gasteiger partial charge in [-0.3, -0.25) is 4.79 Å². The predicted octanol–water partition coefficient (Wildman–Crippen LogP) is 4.11. The second-order valence-electron chi connectivity index (χ2n) is 6.55. The van der Waals surface area contributed by atoms with Crippen LogP contribution in [0.15, 0.2) is 24.3 Å². The SMILES string of the molecule is CC(CC(=O)NC(C)(CN)C(C)C)c1ccc(C(F)(F)F)cc1.Cl. The van der Waals surface area contributed by atoms with Crippen LogP contribution in [0, 0.1) is 5.92 Å². The second-order valence-corrected chi connectivity index (χ2v) is 6.55. The van der Waals surface area contributed by atoms with Crippen LogP contribution in [0.1, 0.15) is 51.2 Å². The first-order chi connectivity index (χ1) is 10.5. The Bertz CT molecular complexity index is 532. The number of nitrogens with one attached hydrogen (secondary N) is 1. The highest BCUT2D eigenvalue weighted by molar-refractivity contribution is 5.85. The number of halogens is 4. The average Bonchev–Trinajstić information content (AvgIpc) is 2.45. The Morgan fingerprint density at radius 3 is 2.04 bits per heavy atom. The normalized spacial score (nSPS) is 15.4. The minimum absolute atomic E-state index is 0. The van der Waals surface area contributed by atoms with Gasteiger partial charge in [0.1, 0.15) is 0 Å². The zero-order valence-electron chi connectivity index (χ0n) is 14.4. The van der Waals surface area contributed by atoms with E-state index >= 15 is 0 Å². The van der Waals surface area contributed by atoms with Gasteiger partial charge < -0.3 is 11.1 Å². The van der Waals surface area contributed by atoms with Gasteiger partial charge >= 0.3 is 6.18 Å². The molecule has 0 saturated heterocycles. The van der Waals surface area contributed by atoms with E-state index < -0.39 is 17.3 Å². The molecule has 138 valence electrons. The molecule has 1 aromatic rings. The Kier molecular flexibility index (Phi) is 8.26. The van der Waals surface area contributed by atoms with Gasteiger partial charge in [-0.25, -0.2) is 0 Å². The van der Waals surface area contributed by atoms with Crippen molar-refractivity contribution in [3.05, 3.63) is 35.4 Å². The molecule has 1 aromatic carbocycles. The van der Waals surface area contributed by atoms with Crippen molar-refractivity contribution in [2.75, 3.05) is 6.54 Å². The zero-order chi connectivity index (χ0) is 17.8. The Morgan fingerprint density at radius 1 is 1.17 bits per heavy atom. The topological polar surface area (TPSA) is 55.1 Å². The molecule has 0 heterocycles. The first kappa shape index (κ1) is 22.7. The Labute approximate surface area is 147 Å². The van der Waals surface area contributed by atoms with Gasteiger partial charge in [0.2, 0.25) is 5.91 Å². The molecule has 0 fully saturated rings. The lowest BCUT2D eigenvalue weighted by molar-refractivity contribution is -0.137. The summed E-state index contributed by atoms with van der Waals surface area (Å²) in [6, 6.07) is 4.93. The van der Waals surface area contributed by atoms with Crippen LogP contribution in [0.2, 0.25) is 0 Å². The molecule has 24 heavy (non-hydrogen) atoms. The van der Waals surface area contributed by atoms with Crippen LogP contribution in [0.25, 0.3) is 0 Å². The number of carbonyl (C=O) groups excluding carboxylic acids is 1. The number of benzene rings is 1. The van der Waals surface area contributed by atoms with E-state index in [0.29, 0.717) is 12.1 Å². The average molecular weight is 367 g/mol. The van der Waals surface area contributed by atoms with Gasteiger partial charge in [0, 0.05) is 13.0 Å². The smallest absolute Gasteiger partial charge is 0.349 e. The quantitative estimate of drug-likeness (QED) is 0.796. The van der Waals surface area contributed by atoms with Gasteiger partial charge in [-0.05, 0) is 36.5 Å². The van der Waals surface area contributed by atoms with Crippen molar-refractivity contribution in [1.82, 2.24) is 5.32 Å². The molecule has 0 aliphatic carbocycles. The molecule has 0 radical (unpaired) electrons. The highest BCUT2D eigenvalue weighted by Gasteiger charge is 2.31. The van der Waals surface area contributed by atoms with Crippen molar-refractivity contribution in [3.63, 3.8) is 0 Å². The van der Waals surface area contributed by atoms with Gasteiger partial charge in [-0.15, -0.1) is 12.4 Å². The lowest BCUT2D eigenvalue weighted by atomic mass is 9.87.